The Morgan fingerprint density at radius 1 is 1.07 bits per heavy atom. The van der Waals surface area contributed by atoms with Crippen LogP contribution in [0.5, 0.6) is 0 Å². The molecule has 2 aromatic heterocycles. The summed E-state index contributed by atoms with van der Waals surface area (Å²) in [5, 5.41) is 3.36. The predicted molar refractivity (Wildman–Crippen MR) is 110 cm³/mol. The number of nitrogens with one attached hydrogen (secondary N) is 1. The summed E-state index contributed by atoms with van der Waals surface area (Å²) < 4.78 is 28.1. The van der Waals surface area contributed by atoms with Crippen molar-refractivity contribution in [3.8, 4) is 22.6 Å². The van der Waals surface area contributed by atoms with Gasteiger partial charge in [-0.1, -0.05) is 12.8 Å². The quantitative estimate of drug-likeness (QED) is 0.574. The Hall–Kier alpha value is -2.83. The lowest BCUT2D eigenvalue weighted by Crippen LogP contribution is -2.13. The van der Waals surface area contributed by atoms with Gasteiger partial charge in [0.05, 0.1) is 30.1 Å². The number of aryl methyl sites for hydroxylation is 1. The number of alkyl halides is 1. The summed E-state index contributed by atoms with van der Waals surface area (Å²) in [6.07, 6.45) is 8.89. The van der Waals surface area contributed by atoms with E-state index in [2.05, 4.69) is 15.3 Å². The largest absolute Gasteiger partial charge is 0.354 e. The third kappa shape index (κ3) is 4.60. The molecule has 29 heavy (non-hydrogen) atoms. The molecule has 1 N–H and O–H groups in total. The number of hydrogen-bond donors (Lipinski definition) is 1. The SMILES string of the molecule is FCCCn1cnc(-c2ccc(F)cc2)c1-c1ccnc(NCC2CCCC2)n1. The van der Waals surface area contributed by atoms with Gasteiger partial charge < -0.3 is 9.88 Å². The summed E-state index contributed by atoms with van der Waals surface area (Å²) in [5.41, 5.74) is 2.99. The van der Waals surface area contributed by atoms with E-state index >= 15 is 0 Å². The maximum Gasteiger partial charge on any atom is 0.223 e. The number of benzene rings is 1. The zero-order chi connectivity index (χ0) is 20.1. The molecule has 3 aromatic rings. The second-order valence-corrected chi connectivity index (χ2v) is 7.48. The number of imidazole rings is 1. The van der Waals surface area contributed by atoms with Crippen LogP contribution in [-0.2, 0) is 6.54 Å². The summed E-state index contributed by atoms with van der Waals surface area (Å²) in [5.74, 6) is 0.956. The monoisotopic (exact) mass is 397 g/mol. The predicted octanol–water partition coefficient (Wildman–Crippen LogP) is 5.11. The van der Waals surface area contributed by atoms with Crippen LogP contribution in [-0.4, -0.2) is 32.7 Å². The highest BCUT2D eigenvalue weighted by molar-refractivity contribution is 5.77. The molecule has 1 aromatic carbocycles. The van der Waals surface area contributed by atoms with E-state index in [1.165, 1.54) is 37.8 Å². The smallest absolute Gasteiger partial charge is 0.223 e. The fraction of sp³-hybridized carbons (Fsp3) is 0.409. The summed E-state index contributed by atoms with van der Waals surface area (Å²) in [7, 11) is 0. The molecule has 4 rings (SSSR count). The average molecular weight is 397 g/mol. The van der Waals surface area contributed by atoms with Crippen LogP contribution >= 0.6 is 0 Å². The number of nitrogens with zero attached hydrogens (tertiary/aromatic N) is 4. The first-order valence-corrected chi connectivity index (χ1v) is 10.2. The summed E-state index contributed by atoms with van der Waals surface area (Å²) in [6.45, 7) is 0.964. The molecule has 0 saturated heterocycles. The second-order valence-electron chi connectivity index (χ2n) is 7.48. The Morgan fingerprint density at radius 2 is 1.86 bits per heavy atom. The van der Waals surface area contributed by atoms with E-state index in [9.17, 15) is 8.78 Å². The van der Waals surface area contributed by atoms with Crippen molar-refractivity contribution >= 4 is 5.95 Å². The minimum Gasteiger partial charge on any atom is -0.354 e. The molecule has 0 unspecified atom stereocenters. The molecule has 0 atom stereocenters. The molecule has 0 amide bonds. The van der Waals surface area contributed by atoms with Gasteiger partial charge in [-0.05, 0) is 55.5 Å². The van der Waals surface area contributed by atoms with Gasteiger partial charge in [0, 0.05) is 24.8 Å². The van der Waals surface area contributed by atoms with Crippen LogP contribution in [0.2, 0.25) is 0 Å². The fourth-order valence-corrected chi connectivity index (χ4v) is 3.90. The standard InChI is InChI=1S/C22H25F2N5/c23-11-3-13-29-15-27-20(17-6-8-18(24)9-7-17)21(29)19-10-12-25-22(28-19)26-14-16-4-1-2-5-16/h6-10,12,15-16H,1-5,11,13-14H2,(H,25,26,28). The fourth-order valence-electron chi connectivity index (χ4n) is 3.90. The third-order valence-electron chi connectivity index (χ3n) is 5.41. The van der Waals surface area contributed by atoms with Crippen LogP contribution in [0, 0.1) is 11.7 Å². The van der Waals surface area contributed by atoms with Crippen LogP contribution in [0.1, 0.15) is 32.1 Å². The zero-order valence-corrected chi connectivity index (χ0v) is 16.3. The number of halogens is 2. The number of hydrogen-bond acceptors (Lipinski definition) is 4. The maximum absolute atomic E-state index is 13.4. The summed E-state index contributed by atoms with van der Waals surface area (Å²) in [4.78, 5) is 13.6. The van der Waals surface area contributed by atoms with Gasteiger partial charge in [0.1, 0.15) is 5.82 Å². The lowest BCUT2D eigenvalue weighted by molar-refractivity contribution is 0.447. The Kier molecular flexibility index (Phi) is 6.12. The van der Waals surface area contributed by atoms with Crippen LogP contribution in [0.15, 0.2) is 42.9 Å². The van der Waals surface area contributed by atoms with Gasteiger partial charge >= 0.3 is 0 Å². The van der Waals surface area contributed by atoms with E-state index in [4.69, 9.17) is 4.98 Å². The Labute approximate surface area is 169 Å². The molecule has 1 aliphatic rings. The number of aromatic nitrogens is 4. The van der Waals surface area contributed by atoms with Crippen LogP contribution < -0.4 is 5.32 Å². The van der Waals surface area contributed by atoms with Gasteiger partial charge in [0.15, 0.2) is 0 Å². The maximum atomic E-state index is 13.4. The summed E-state index contributed by atoms with van der Waals surface area (Å²) >= 11 is 0. The van der Waals surface area contributed by atoms with Crippen molar-refractivity contribution in [3.63, 3.8) is 0 Å². The van der Waals surface area contributed by atoms with Gasteiger partial charge in [0.25, 0.3) is 0 Å². The number of anilines is 1. The van der Waals surface area contributed by atoms with Crippen LogP contribution in [0.4, 0.5) is 14.7 Å². The molecule has 0 aliphatic heterocycles. The molecule has 1 fully saturated rings. The molecule has 5 nitrogen and oxygen atoms in total. The minimum atomic E-state index is -0.401. The molecule has 2 heterocycles. The summed E-state index contributed by atoms with van der Waals surface area (Å²) in [6, 6.07) is 8.04. The van der Waals surface area contributed by atoms with E-state index in [1.54, 1.807) is 24.7 Å². The van der Waals surface area contributed by atoms with Crippen molar-refractivity contribution in [3.05, 3.63) is 48.7 Å². The van der Waals surface area contributed by atoms with Crippen molar-refractivity contribution in [1.82, 2.24) is 19.5 Å². The normalized spacial score (nSPS) is 14.4. The molecular weight excluding hydrogens is 372 g/mol. The first-order chi connectivity index (χ1) is 14.2. The number of rotatable bonds is 8. The van der Waals surface area contributed by atoms with Crippen LogP contribution in [0.3, 0.4) is 0 Å². The van der Waals surface area contributed by atoms with E-state index < -0.39 is 6.67 Å². The lowest BCUT2D eigenvalue weighted by atomic mass is 10.1. The molecule has 0 bridgehead atoms. The highest BCUT2D eigenvalue weighted by Gasteiger charge is 2.18. The molecule has 7 heteroatoms. The van der Waals surface area contributed by atoms with E-state index in [0.29, 0.717) is 36.2 Å². The van der Waals surface area contributed by atoms with Crippen molar-refractivity contribution < 1.29 is 8.78 Å². The molecule has 0 radical (unpaired) electrons. The van der Waals surface area contributed by atoms with Crippen molar-refractivity contribution in [2.45, 2.75) is 38.6 Å². The molecule has 1 aliphatic carbocycles. The topological polar surface area (TPSA) is 55.6 Å². The van der Waals surface area contributed by atoms with Gasteiger partial charge in [0.2, 0.25) is 5.95 Å². The van der Waals surface area contributed by atoms with Gasteiger partial charge in [-0.3, -0.25) is 4.39 Å². The van der Waals surface area contributed by atoms with Crippen molar-refractivity contribution in [1.29, 1.82) is 0 Å². The van der Waals surface area contributed by atoms with E-state index in [-0.39, 0.29) is 5.82 Å². The van der Waals surface area contributed by atoms with Crippen LogP contribution in [0.25, 0.3) is 22.6 Å². The highest BCUT2D eigenvalue weighted by atomic mass is 19.1. The molecule has 152 valence electrons. The zero-order valence-electron chi connectivity index (χ0n) is 16.3. The first-order valence-electron chi connectivity index (χ1n) is 10.2. The van der Waals surface area contributed by atoms with Gasteiger partial charge in [-0.25, -0.2) is 19.3 Å². The Morgan fingerprint density at radius 3 is 2.62 bits per heavy atom. The third-order valence-corrected chi connectivity index (χ3v) is 5.41. The Bertz CT molecular complexity index is 933. The molecule has 0 spiro atoms. The van der Waals surface area contributed by atoms with Gasteiger partial charge in [-0.2, -0.15) is 0 Å². The van der Waals surface area contributed by atoms with Crippen molar-refractivity contribution in [2.24, 2.45) is 5.92 Å². The minimum absolute atomic E-state index is 0.299. The second kappa shape index (κ2) is 9.11. The van der Waals surface area contributed by atoms with Gasteiger partial charge in [-0.15, -0.1) is 0 Å². The van der Waals surface area contributed by atoms with E-state index in [1.807, 2.05) is 10.6 Å². The Balaban J connectivity index is 1.65. The average Bonchev–Trinajstić information content (AvgIpc) is 3.41. The van der Waals surface area contributed by atoms with Crippen molar-refractivity contribution in [2.75, 3.05) is 18.5 Å². The molecule has 1 saturated carbocycles. The highest BCUT2D eigenvalue weighted by Crippen LogP contribution is 2.31. The molecular formula is C22H25F2N5. The first kappa shape index (κ1) is 19.5. The lowest BCUT2D eigenvalue weighted by Gasteiger charge is -2.13. The van der Waals surface area contributed by atoms with E-state index in [0.717, 1.165) is 17.8 Å².